The van der Waals surface area contributed by atoms with Crippen molar-refractivity contribution >= 4 is 0 Å². The molecule has 1 heteroatoms. The zero-order valence-corrected chi connectivity index (χ0v) is 12.8. The second kappa shape index (κ2) is 9.83. The van der Waals surface area contributed by atoms with Crippen LogP contribution in [0.5, 0.6) is 0 Å². The largest absolute Gasteiger partial charge is 0.370 e. The summed E-state index contributed by atoms with van der Waals surface area (Å²) in [6.45, 7) is 5.53. The molecule has 0 aliphatic carbocycles. The maximum atomic E-state index is 5.40. The molecular formula is C17H34O. The molecule has 0 bridgehead atoms. The van der Waals surface area contributed by atoms with Crippen molar-refractivity contribution in [3.63, 3.8) is 0 Å². The molecule has 108 valence electrons. The summed E-state index contributed by atoms with van der Waals surface area (Å²) in [5.41, 5.74) is 0.290. The molecule has 1 fully saturated rings. The quantitative estimate of drug-likeness (QED) is 0.296. The van der Waals surface area contributed by atoms with Gasteiger partial charge in [0.25, 0.3) is 0 Å². The van der Waals surface area contributed by atoms with Gasteiger partial charge in [0.05, 0.1) is 12.2 Å². The fraction of sp³-hybridized carbons (Fsp3) is 1.00. The van der Waals surface area contributed by atoms with Crippen LogP contribution < -0.4 is 0 Å². The first kappa shape index (κ1) is 16.0. The Hall–Kier alpha value is -0.0400. The Morgan fingerprint density at radius 3 is 1.50 bits per heavy atom. The van der Waals surface area contributed by atoms with Crippen molar-refractivity contribution in [1.82, 2.24) is 0 Å². The van der Waals surface area contributed by atoms with Gasteiger partial charge in [0.1, 0.15) is 0 Å². The number of hydrogen-bond donors (Lipinski definition) is 0. The summed E-state index contributed by atoms with van der Waals surface area (Å²) in [4.78, 5) is 0. The molecule has 0 amide bonds. The molecule has 18 heavy (non-hydrogen) atoms. The zero-order valence-electron chi connectivity index (χ0n) is 12.8. The van der Waals surface area contributed by atoms with Gasteiger partial charge in [-0.25, -0.2) is 0 Å². The van der Waals surface area contributed by atoms with Gasteiger partial charge in [0.15, 0.2) is 0 Å². The summed E-state index contributed by atoms with van der Waals surface area (Å²) in [5.74, 6) is 0. The molecule has 1 nitrogen and oxygen atoms in total. The fourth-order valence-corrected chi connectivity index (χ4v) is 2.61. The minimum atomic E-state index is 0.290. The maximum Gasteiger partial charge on any atom is 0.0888 e. The molecule has 0 aromatic heterocycles. The smallest absolute Gasteiger partial charge is 0.0888 e. The minimum Gasteiger partial charge on any atom is -0.370 e. The fourth-order valence-electron chi connectivity index (χ4n) is 2.61. The SMILES string of the molecule is CCCCCCCCCCCCCCC1(C)CO1. The first-order chi connectivity index (χ1) is 8.77. The van der Waals surface area contributed by atoms with Gasteiger partial charge >= 0.3 is 0 Å². The van der Waals surface area contributed by atoms with Crippen LogP contribution in [-0.2, 0) is 4.74 Å². The molecule has 1 unspecified atom stereocenters. The minimum absolute atomic E-state index is 0.290. The summed E-state index contributed by atoms with van der Waals surface area (Å²) < 4.78 is 5.40. The normalized spacial score (nSPS) is 22.3. The van der Waals surface area contributed by atoms with Gasteiger partial charge in [-0.05, 0) is 13.3 Å². The highest BCUT2D eigenvalue weighted by Crippen LogP contribution is 2.31. The van der Waals surface area contributed by atoms with E-state index >= 15 is 0 Å². The monoisotopic (exact) mass is 254 g/mol. The first-order valence-electron chi connectivity index (χ1n) is 8.41. The van der Waals surface area contributed by atoms with Crippen LogP contribution in [0.15, 0.2) is 0 Å². The van der Waals surface area contributed by atoms with Crippen LogP contribution in [0.3, 0.4) is 0 Å². The number of rotatable bonds is 13. The lowest BCUT2D eigenvalue weighted by atomic mass is 10.0. The number of epoxide rings is 1. The van der Waals surface area contributed by atoms with Crippen LogP contribution in [0, 0.1) is 0 Å². The Labute approximate surface area is 115 Å². The van der Waals surface area contributed by atoms with E-state index in [0.717, 1.165) is 6.61 Å². The molecule has 0 radical (unpaired) electrons. The number of unbranched alkanes of at least 4 members (excludes halogenated alkanes) is 11. The molecule has 0 spiro atoms. The highest BCUT2D eigenvalue weighted by Gasteiger charge is 2.37. The summed E-state index contributed by atoms with van der Waals surface area (Å²) in [7, 11) is 0. The van der Waals surface area contributed by atoms with Crippen LogP contribution in [0.1, 0.15) is 97.3 Å². The lowest BCUT2D eigenvalue weighted by Gasteiger charge is -2.05. The third kappa shape index (κ3) is 8.97. The molecule has 1 heterocycles. The lowest BCUT2D eigenvalue weighted by molar-refractivity contribution is 0.301. The third-order valence-corrected chi connectivity index (χ3v) is 4.20. The Morgan fingerprint density at radius 2 is 1.11 bits per heavy atom. The van der Waals surface area contributed by atoms with E-state index in [1.54, 1.807) is 0 Å². The molecule has 0 aromatic carbocycles. The second-order valence-corrected chi connectivity index (χ2v) is 6.38. The van der Waals surface area contributed by atoms with Gasteiger partial charge in [-0.3, -0.25) is 0 Å². The first-order valence-corrected chi connectivity index (χ1v) is 8.41. The summed E-state index contributed by atoms with van der Waals surface area (Å²) in [6, 6.07) is 0. The lowest BCUT2D eigenvalue weighted by Crippen LogP contribution is -2.02. The molecule has 1 aliphatic heterocycles. The van der Waals surface area contributed by atoms with E-state index in [0.29, 0.717) is 5.60 Å². The Morgan fingerprint density at radius 1 is 0.722 bits per heavy atom. The zero-order chi connectivity index (χ0) is 13.1. The van der Waals surface area contributed by atoms with E-state index in [2.05, 4.69) is 13.8 Å². The van der Waals surface area contributed by atoms with E-state index in [1.165, 1.54) is 83.5 Å². The van der Waals surface area contributed by atoms with Gasteiger partial charge in [-0.2, -0.15) is 0 Å². The molecule has 0 N–H and O–H groups in total. The van der Waals surface area contributed by atoms with Crippen molar-refractivity contribution in [2.24, 2.45) is 0 Å². The van der Waals surface area contributed by atoms with Crippen molar-refractivity contribution in [2.45, 2.75) is 103 Å². The van der Waals surface area contributed by atoms with Crippen molar-refractivity contribution in [2.75, 3.05) is 6.61 Å². The number of ether oxygens (including phenoxy) is 1. The standard InChI is InChI=1S/C17H34O/c1-3-4-5-6-7-8-9-10-11-12-13-14-15-17(2)16-18-17/h3-16H2,1-2H3. The van der Waals surface area contributed by atoms with E-state index in [4.69, 9.17) is 4.74 Å². The van der Waals surface area contributed by atoms with Gasteiger partial charge in [0.2, 0.25) is 0 Å². The molecule has 0 saturated carbocycles. The maximum absolute atomic E-state index is 5.40. The second-order valence-electron chi connectivity index (χ2n) is 6.38. The van der Waals surface area contributed by atoms with Crippen molar-refractivity contribution in [1.29, 1.82) is 0 Å². The number of hydrogen-bond acceptors (Lipinski definition) is 1. The van der Waals surface area contributed by atoms with Crippen LogP contribution in [0.25, 0.3) is 0 Å². The molecule has 1 saturated heterocycles. The summed E-state index contributed by atoms with van der Waals surface area (Å²) in [5, 5.41) is 0. The van der Waals surface area contributed by atoms with E-state index in [1.807, 2.05) is 0 Å². The third-order valence-electron chi connectivity index (χ3n) is 4.20. The molecule has 1 aliphatic rings. The Bertz CT molecular complexity index is 184. The van der Waals surface area contributed by atoms with Crippen molar-refractivity contribution in [3.8, 4) is 0 Å². The van der Waals surface area contributed by atoms with Crippen LogP contribution in [-0.4, -0.2) is 12.2 Å². The molecule has 1 rings (SSSR count). The average molecular weight is 254 g/mol. The summed E-state index contributed by atoms with van der Waals surface area (Å²) in [6.07, 6.45) is 18.5. The van der Waals surface area contributed by atoms with Crippen molar-refractivity contribution in [3.05, 3.63) is 0 Å². The molecular weight excluding hydrogens is 220 g/mol. The van der Waals surface area contributed by atoms with E-state index in [9.17, 15) is 0 Å². The van der Waals surface area contributed by atoms with Crippen molar-refractivity contribution < 1.29 is 4.74 Å². The molecule has 1 atom stereocenters. The van der Waals surface area contributed by atoms with Gasteiger partial charge < -0.3 is 4.74 Å². The van der Waals surface area contributed by atoms with Gasteiger partial charge in [-0.1, -0.05) is 84.0 Å². The highest BCUT2D eigenvalue weighted by molar-refractivity contribution is 4.86. The van der Waals surface area contributed by atoms with Crippen LogP contribution in [0.4, 0.5) is 0 Å². The predicted octanol–water partition coefficient (Wildman–Crippen LogP) is 5.87. The average Bonchev–Trinajstić information content (AvgIpc) is 3.09. The Balaban J connectivity index is 1.66. The van der Waals surface area contributed by atoms with E-state index < -0.39 is 0 Å². The Kier molecular flexibility index (Phi) is 8.75. The van der Waals surface area contributed by atoms with Gasteiger partial charge in [0, 0.05) is 0 Å². The van der Waals surface area contributed by atoms with Crippen LogP contribution >= 0.6 is 0 Å². The van der Waals surface area contributed by atoms with Gasteiger partial charge in [-0.15, -0.1) is 0 Å². The van der Waals surface area contributed by atoms with Crippen LogP contribution in [0.2, 0.25) is 0 Å². The topological polar surface area (TPSA) is 12.5 Å². The highest BCUT2D eigenvalue weighted by atomic mass is 16.6. The van der Waals surface area contributed by atoms with E-state index in [-0.39, 0.29) is 0 Å². The molecule has 0 aromatic rings. The predicted molar refractivity (Wildman–Crippen MR) is 80.1 cm³/mol. The summed E-state index contributed by atoms with van der Waals surface area (Å²) >= 11 is 0.